The van der Waals surface area contributed by atoms with Crippen molar-refractivity contribution in [3.63, 3.8) is 0 Å². The number of nitrogens with one attached hydrogen (secondary N) is 1. The molecule has 0 aliphatic carbocycles. The lowest BCUT2D eigenvalue weighted by Gasteiger charge is -2.07. The van der Waals surface area contributed by atoms with Crippen LogP contribution in [0.1, 0.15) is 10.5 Å². The number of carbonyl (C=O) groups excluding carboxylic acids is 1. The first-order chi connectivity index (χ1) is 11.5. The van der Waals surface area contributed by atoms with Gasteiger partial charge in [-0.3, -0.25) is 14.9 Å². The molecule has 1 amide bonds. The predicted molar refractivity (Wildman–Crippen MR) is 79.8 cm³/mol. The van der Waals surface area contributed by atoms with Gasteiger partial charge in [0.15, 0.2) is 12.4 Å². The van der Waals surface area contributed by atoms with Gasteiger partial charge in [0.2, 0.25) is 0 Å². The molecule has 0 unspecified atom stereocenters. The molecule has 0 fully saturated rings. The van der Waals surface area contributed by atoms with Gasteiger partial charge in [-0.2, -0.15) is 20.5 Å². The quantitative estimate of drug-likeness (QED) is 0.498. The fourth-order valence-corrected chi connectivity index (χ4v) is 2.00. The molecule has 0 radical (unpaired) electrons. The van der Waals surface area contributed by atoms with Crippen LogP contribution >= 0.6 is 0 Å². The number of aromatic nitrogens is 5. The number of hydrogen-bond acceptors (Lipinski definition) is 7. The van der Waals surface area contributed by atoms with E-state index >= 15 is 0 Å². The third kappa shape index (κ3) is 3.04. The zero-order chi connectivity index (χ0) is 17.1. The molecule has 0 aliphatic rings. The molecule has 2 aromatic heterocycles. The number of carbonyl (C=O) groups is 1. The summed E-state index contributed by atoms with van der Waals surface area (Å²) >= 11 is 0. The molecular weight excluding hydrogens is 318 g/mol. The van der Waals surface area contributed by atoms with Crippen molar-refractivity contribution >= 4 is 11.6 Å². The van der Waals surface area contributed by atoms with E-state index in [1.165, 1.54) is 10.9 Å². The first-order valence-electron chi connectivity index (χ1n) is 6.65. The second-order valence-electron chi connectivity index (χ2n) is 4.68. The Hall–Kier alpha value is -3.76. The van der Waals surface area contributed by atoms with Crippen LogP contribution in [0.3, 0.4) is 0 Å². The van der Waals surface area contributed by atoms with Crippen LogP contribution in [-0.4, -0.2) is 36.0 Å². The highest BCUT2D eigenvalue weighted by atomic mass is 16.6. The number of primary amides is 1. The molecule has 0 atom stereocenters. The molecule has 0 saturated heterocycles. The summed E-state index contributed by atoms with van der Waals surface area (Å²) in [5, 5.41) is 24.4. The first kappa shape index (κ1) is 15.1. The summed E-state index contributed by atoms with van der Waals surface area (Å²) in [5.74, 6) is -0.238. The molecule has 24 heavy (non-hydrogen) atoms. The highest BCUT2D eigenvalue weighted by Gasteiger charge is 2.15. The Morgan fingerprint density at radius 3 is 2.96 bits per heavy atom. The van der Waals surface area contributed by atoms with Crippen molar-refractivity contribution in [3.05, 3.63) is 52.5 Å². The largest absolute Gasteiger partial charge is 0.471 e. The number of H-pyrrole nitrogens is 1. The Kier molecular flexibility index (Phi) is 3.89. The number of aromatic amines is 1. The Balaban J connectivity index is 1.76. The van der Waals surface area contributed by atoms with Crippen LogP contribution in [0.25, 0.3) is 11.3 Å². The average molecular weight is 329 g/mol. The summed E-state index contributed by atoms with van der Waals surface area (Å²) in [4.78, 5) is 21.4. The number of nitro groups is 1. The topological polar surface area (TPSA) is 155 Å². The van der Waals surface area contributed by atoms with Gasteiger partial charge in [0.25, 0.3) is 5.91 Å². The average Bonchev–Trinajstić information content (AvgIpc) is 3.22. The maximum absolute atomic E-state index is 11.3. The van der Waals surface area contributed by atoms with Crippen LogP contribution in [0.15, 0.2) is 36.7 Å². The van der Waals surface area contributed by atoms with Gasteiger partial charge in [0.1, 0.15) is 23.8 Å². The molecule has 0 spiro atoms. The Labute approximate surface area is 134 Å². The summed E-state index contributed by atoms with van der Waals surface area (Å²) < 4.78 is 6.81. The molecular formula is C13H11N7O4. The zero-order valence-corrected chi connectivity index (χ0v) is 12.1. The highest BCUT2D eigenvalue weighted by Crippen LogP contribution is 2.24. The van der Waals surface area contributed by atoms with Gasteiger partial charge < -0.3 is 10.5 Å². The van der Waals surface area contributed by atoms with E-state index in [4.69, 9.17) is 10.5 Å². The van der Waals surface area contributed by atoms with Gasteiger partial charge in [-0.15, -0.1) is 0 Å². The standard InChI is InChI=1S/C13H11N7O4/c14-13(21)12-11(16-18-17-12)8-2-1-3-10(4-8)24-7-19-6-9(5-15-19)20(22)23/h1-6H,7H2,(H2,14,21)(H,16,17,18). The lowest BCUT2D eigenvalue weighted by molar-refractivity contribution is -0.385. The van der Waals surface area contributed by atoms with Crippen molar-refractivity contribution in [2.75, 3.05) is 0 Å². The summed E-state index contributed by atoms with van der Waals surface area (Å²) in [7, 11) is 0. The monoisotopic (exact) mass is 329 g/mol. The fourth-order valence-electron chi connectivity index (χ4n) is 2.00. The van der Waals surface area contributed by atoms with E-state index in [1.54, 1.807) is 24.3 Å². The minimum absolute atomic E-state index is 0.0151. The smallest absolute Gasteiger partial charge is 0.307 e. The number of hydrogen-bond donors (Lipinski definition) is 2. The number of benzene rings is 1. The Bertz CT molecular complexity index is 901. The van der Waals surface area contributed by atoms with Gasteiger partial charge in [-0.1, -0.05) is 12.1 Å². The third-order valence-electron chi connectivity index (χ3n) is 3.08. The number of rotatable bonds is 6. The minimum Gasteiger partial charge on any atom is -0.471 e. The summed E-state index contributed by atoms with van der Waals surface area (Å²) in [5.41, 5.74) is 6.03. The fraction of sp³-hybridized carbons (Fsp3) is 0.0769. The van der Waals surface area contributed by atoms with Crippen LogP contribution in [0.4, 0.5) is 5.69 Å². The minimum atomic E-state index is -0.700. The van der Waals surface area contributed by atoms with Gasteiger partial charge in [0.05, 0.1) is 4.92 Å². The van der Waals surface area contributed by atoms with Crippen LogP contribution in [-0.2, 0) is 6.73 Å². The lowest BCUT2D eigenvalue weighted by Crippen LogP contribution is -2.12. The van der Waals surface area contributed by atoms with Crippen molar-refractivity contribution in [1.29, 1.82) is 0 Å². The van der Waals surface area contributed by atoms with E-state index < -0.39 is 10.8 Å². The molecule has 122 valence electrons. The summed E-state index contributed by atoms with van der Waals surface area (Å²) in [6, 6.07) is 6.75. The van der Waals surface area contributed by atoms with Gasteiger partial charge in [-0.05, 0) is 12.1 Å². The Morgan fingerprint density at radius 1 is 1.42 bits per heavy atom. The molecule has 3 rings (SSSR count). The lowest BCUT2D eigenvalue weighted by atomic mass is 10.1. The van der Waals surface area contributed by atoms with E-state index in [1.807, 2.05) is 0 Å². The number of nitrogens with two attached hydrogens (primary N) is 1. The van der Waals surface area contributed by atoms with Gasteiger partial charge in [-0.25, -0.2) is 4.68 Å². The van der Waals surface area contributed by atoms with Crippen LogP contribution in [0.2, 0.25) is 0 Å². The molecule has 3 N–H and O–H groups in total. The van der Waals surface area contributed by atoms with E-state index in [9.17, 15) is 14.9 Å². The zero-order valence-electron chi connectivity index (χ0n) is 12.1. The number of ether oxygens (including phenoxy) is 1. The highest BCUT2D eigenvalue weighted by molar-refractivity contribution is 5.96. The molecule has 11 heteroatoms. The summed E-state index contributed by atoms with van der Waals surface area (Å²) in [6.07, 6.45) is 2.39. The number of amides is 1. The van der Waals surface area contributed by atoms with E-state index in [0.717, 1.165) is 6.20 Å². The molecule has 11 nitrogen and oxygen atoms in total. The molecule has 0 saturated carbocycles. The second-order valence-corrected chi connectivity index (χ2v) is 4.68. The van der Waals surface area contributed by atoms with Crippen LogP contribution in [0, 0.1) is 10.1 Å². The van der Waals surface area contributed by atoms with Gasteiger partial charge in [0, 0.05) is 5.56 Å². The Morgan fingerprint density at radius 2 is 2.25 bits per heavy atom. The summed E-state index contributed by atoms with van der Waals surface area (Å²) in [6.45, 7) is -0.0151. The van der Waals surface area contributed by atoms with Crippen molar-refractivity contribution in [2.45, 2.75) is 6.73 Å². The van der Waals surface area contributed by atoms with E-state index in [2.05, 4.69) is 20.5 Å². The molecule has 1 aromatic carbocycles. The van der Waals surface area contributed by atoms with E-state index in [0.29, 0.717) is 17.0 Å². The van der Waals surface area contributed by atoms with Gasteiger partial charge >= 0.3 is 5.69 Å². The third-order valence-corrected chi connectivity index (χ3v) is 3.08. The van der Waals surface area contributed by atoms with Crippen LogP contribution < -0.4 is 10.5 Å². The molecule has 0 aliphatic heterocycles. The van der Waals surface area contributed by atoms with Crippen LogP contribution in [0.5, 0.6) is 5.75 Å². The van der Waals surface area contributed by atoms with Crippen molar-refractivity contribution in [1.82, 2.24) is 25.2 Å². The normalized spacial score (nSPS) is 10.5. The maximum Gasteiger partial charge on any atom is 0.307 e. The van der Waals surface area contributed by atoms with Crippen molar-refractivity contribution in [3.8, 4) is 17.0 Å². The number of nitrogens with zero attached hydrogens (tertiary/aromatic N) is 5. The molecule has 3 aromatic rings. The maximum atomic E-state index is 11.3. The molecule has 2 heterocycles. The predicted octanol–water partition coefficient (Wildman–Crippen LogP) is 0.712. The van der Waals surface area contributed by atoms with Crippen molar-refractivity contribution in [2.24, 2.45) is 5.73 Å². The van der Waals surface area contributed by atoms with E-state index in [-0.39, 0.29) is 18.1 Å². The second kappa shape index (κ2) is 6.16. The SMILES string of the molecule is NC(=O)c1n[nH]nc1-c1cccc(OCn2cc([N+](=O)[O-])cn2)c1. The van der Waals surface area contributed by atoms with Crippen molar-refractivity contribution < 1.29 is 14.5 Å². The molecule has 0 bridgehead atoms. The first-order valence-corrected chi connectivity index (χ1v) is 6.65.